The van der Waals surface area contributed by atoms with Crippen molar-refractivity contribution in [3.63, 3.8) is 0 Å². The molecule has 0 amide bonds. The van der Waals surface area contributed by atoms with Crippen molar-refractivity contribution in [3.8, 4) is 5.75 Å². The number of nitrogens with two attached hydrogens (primary N) is 1. The molecule has 94 valence electrons. The summed E-state index contributed by atoms with van der Waals surface area (Å²) in [6, 6.07) is 7.67. The van der Waals surface area contributed by atoms with E-state index in [1.807, 2.05) is 31.2 Å². The number of benzene rings is 1. The van der Waals surface area contributed by atoms with Crippen LogP contribution in [0.25, 0.3) is 0 Å². The van der Waals surface area contributed by atoms with Crippen molar-refractivity contribution in [2.45, 2.75) is 22.9 Å². The van der Waals surface area contributed by atoms with Gasteiger partial charge in [-0.05, 0) is 25.1 Å². The molecule has 2 rings (SSSR count). The van der Waals surface area contributed by atoms with E-state index in [2.05, 4.69) is 9.97 Å². The van der Waals surface area contributed by atoms with Gasteiger partial charge >= 0.3 is 0 Å². The summed E-state index contributed by atoms with van der Waals surface area (Å²) in [7, 11) is 1.65. The van der Waals surface area contributed by atoms with Gasteiger partial charge in [0.1, 0.15) is 17.1 Å². The van der Waals surface area contributed by atoms with Gasteiger partial charge in [-0.3, -0.25) is 0 Å². The average molecular weight is 261 g/mol. The van der Waals surface area contributed by atoms with Crippen molar-refractivity contribution >= 4 is 11.8 Å². The maximum Gasteiger partial charge on any atom is 0.124 e. The number of methoxy groups -OCH3 is 1. The Morgan fingerprint density at radius 3 is 2.78 bits per heavy atom. The summed E-state index contributed by atoms with van der Waals surface area (Å²) in [6.45, 7) is 1.95. The summed E-state index contributed by atoms with van der Waals surface area (Å²) >= 11 is 1.56. The third-order valence-electron chi connectivity index (χ3n) is 2.47. The van der Waals surface area contributed by atoms with Crippen molar-refractivity contribution in [1.29, 1.82) is 0 Å². The van der Waals surface area contributed by atoms with Gasteiger partial charge in [0.2, 0.25) is 0 Å². The minimum atomic E-state index is -0.0921. The summed E-state index contributed by atoms with van der Waals surface area (Å²) in [6.07, 6.45) is 3.26. The molecule has 1 aromatic carbocycles. The normalized spacial score (nSPS) is 12.2. The zero-order valence-corrected chi connectivity index (χ0v) is 11.1. The van der Waals surface area contributed by atoms with E-state index in [1.54, 1.807) is 25.1 Å². The third-order valence-corrected chi connectivity index (χ3v) is 3.50. The average Bonchev–Trinajstić information content (AvgIpc) is 2.39. The summed E-state index contributed by atoms with van der Waals surface area (Å²) < 4.78 is 5.36. The second-order valence-corrected chi connectivity index (χ2v) is 4.87. The zero-order valence-electron chi connectivity index (χ0n) is 10.3. The fraction of sp³-hybridized carbons (Fsp3) is 0.231. The molecule has 0 aliphatic carbocycles. The lowest BCUT2D eigenvalue weighted by Crippen LogP contribution is -2.08. The van der Waals surface area contributed by atoms with Crippen LogP contribution < -0.4 is 10.5 Å². The van der Waals surface area contributed by atoms with E-state index in [4.69, 9.17) is 10.5 Å². The van der Waals surface area contributed by atoms with E-state index in [1.165, 1.54) is 6.33 Å². The number of hydrogen-bond acceptors (Lipinski definition) is 5. The third kappa shape index (κ3) is 2.80. The van der Waals surface area contributed by atoms with E-state index in [0.29, 0.717) is 0 Å². The molecule has 0 aliphatic heterocycles. The fourth-order valence-corrected chi connectivity index (χ4v) is 2.69. The number of nitrogens with zero attached hydrogens (tertiary/aromatic N) is 2. The lowest BCUT2D eigenvalue weighted by atomic mass is 10.1. The number of rotatable bonds is 4. The van der Waals surface area contributed by atoms with Crippen LogP contribution in [-0.2, 0) is 0 Å². The molecule has 1 aromatic heterocycles. The summed E-state index contributed by atoms with van der Waals surface area (Å²) in [4.78, 5) is 9.16. The Balaban J connectivity index is 2.38. The van der Waals surface area contributed by atoms with Gasteiger partial charge in [0, 0.05) is 22.7 Å². The maximum absolute atomic E-state index is 6.02. The van der Waals surface area contributed by atoms with Gasteiger partial charge in [-0.2, -0.15) is 0 Å². The molecule has 0 unspecified atom stereocenters. The molecule has 1 heterocycles. The Morgan fingerprint density at radius 1 is 1.33 bits per heavy atom. The SMILES string of the molecule is COc1cccc(Sc2ccncn2)c1[C@@H](C)N. The Bertz CT molecular complexity index is 517. The van der Waals surface area contributed by atoms with Crippen molar-refractivity contribution in [1.82, 2.24) is 9.97 Å². The first-order valence-electron chi connectivity index (χ1n) is 5.58. The van der Waals surface area contributed by atoms with Crippen LogP contribution in [0.1, 0.15) is 18.5 Å². The topological polar surface area (TPSA) is 61.0 Å². The predicted molar refractivity (Wildman–Crippen MR) is 71.8 cm³/mol. The molecule has 0 radical (unpaired) electrons. The molecule has 4 nitrogen and oxygen atoms in total. The van der Waals surface area contributed by atoms with E-state index in [0.717, 1.165) is 21.2 Å². The van der Waals surface area contributed by atoms with Gasteiger partial charge in [0.25, 0.3) is 0 Å². The highest BCUT2D eigenvalue weighted by molar-refractivity contribution is 7.99. The first kappa shape index (κ1) is 12.9. The molecule has 0 bridgehead atoms. The first-order valence-corrected chi connectivity index (χ1v) is 6.40. The first-order chi connectivity index (χ1) is 8.72. The number of hydrogen-bond donors (Lipinski definition) is 1. The van der Waals surface area contributed by atoms with E-state index >= 15 is 0 Å². The second kappa shape index (κ2) is 5.84. The smallest absolute Gasteiger partial charge is 0.124 e. The Hall–Kier alpha value is -1.59. The Morgan fingerprint density at radius 2 is 2.17 bits per heavy atom. The second-order valence-electron chi connectivity index (χ2n) is 3.81. The summed E-state index contributed by atoms with van der Waals surface area (Å²) in [5.41, 5.74) is 7.02. The zero-order chi connectivity index (χ0) is 13.0. The van der Waals surface area contributed by atoms with Crippen LogP contribution in [-0.4, -0.2) is 17.1 Å². The molecule has 18 heavy (non-hydrogen) atoms. The maximum atomic E-state index is 6.02. The van der Waals surface area contributed by atoms with Crippen LogP contribution in [0.3, 0.4) is 0 Å². The molecule has 2 aromatic rings. The summed E-state index contributed by atoms with van der Waals surface area (Å²) in [5.74, 6) is 0.809. The highest BCUT2D eigenvalue weighted by Gasteiger charge is 2.14. The van der Waals surface area contributed by atoms with Gasteiger partial charge < -0.3 is 10.5 Å². The quantitative estimate of drug-likeness (QED) is 0.857. The molecular weight excluding hydrogens is 246 g/mol. The molecule has 0 saturated carbocycles. The molecule has 0 fully saturated rings. The molecular formula is C13H15N3OS. The minimum absolute atomic E-state index is 0.0921. The van der Waals surface area contributed by atoms with Crippen LogP contribution in [0.4, 0.5) is 0 Å². The van der Waals surface area contributed by atoms with Crippen LogP contribution >= 0.6 is 11.8 Å². The van der Waals surface area contributed by atoms with Crippen molar-refractivity contribution in [3.05, 3.63) is 42.4 Å². The van der Waals surface area contributed by atoms with Gasteiger partial charge in [0.05, 0.1) is 7.11 Å². The van der Waals surface area contributed by atoms with Crippen molar-refractivity contribution < 1.29 is 4.74 Å². The van der Waals surface area contributed by atoms with Gasteiger partial charge in [-0.1, -0.05) is 17.8 Å². The van der Waals surface area contributed by atoms with Crippen LogP contribution in [0.2, 0.25) is 0 Å². The molecule has 1 atom stereocenters. The molecule has 0 saturated heterocycles. The standard InChI is InChI=1S/C13H15N3OS/c1-9(14)13-10(17-2)4-3-5-11(13)18-12-6-7-15-8-16-12/h3-9H,14H2,1-2H3/t9-/m1/s1. The molecule has 0 spiro atoms. The van der Waals surface area contributed by atoms with Gasteiger partial charge in [-0.15, -0.1) is 0 Å². The van der Waals surface area contributed by atoms with E-state index in [9.17, 15) is 0 Å². The van der Waals surface area contributed by atoms with Gasteiger partial charge in [-0.25, -0.2) is 9.97 Å². The lowest BCUT2D eigenvalue weighted by molar-refractivity contribution is 0.405. The van der Waals surface area contributed by atoms with Crippen molar-refractivity contribution in [2.24, 2.45) is 5.73 Å². The highest BCUT2D eigenvalue weighted by atomic mass is 32.2. The number of aromatic nitrogens is 2. The molecule has 2 N–H and O–H groups in total. The highest BCUT2D eigenvalue weighted by Crippen LogP contribution is 2.36. The molecule has 5 heteroatoms. The predicted octanol–water partition coefficient (Wildman–Crippen LogP) is 2.66. The van der Waals surface area contributed by atoms with Gasteiger partial charge in [0.15, 0.2) is 0 Å². The lowest BCUT2D eigenvalue weighted by Gasteiger charge is -2.15. The number of ether oxygens (including phenoxy) is 1. The monoisotopic (exact) mass is 261 g/mol. The summed E-state index contributed by atoms with van der Waals surface area (Å²) in [5, 5.41) is 0.889. The minimum Gasteiger partial charge on any atom is -0.496 e. The van der Waals surface area contributed by atoms with Crippen molar-refractivity contribution in [2.75, 3.05) is 7.11 Å². The largest absolute Gasteiger partial charge is 0.496 e. The van der Waals surface area contributed by atoms with E-state index in [-0.39, 0.29) is 6.04 Å². The Labute approximate surface area is 111 Å². The van der Waals surface area contributed by atoms with Crippen LogP contribution in [0.15, 0.2) is 46.7 Å². The van der Waals surface area contributed by atoms with Crippen LogP contribution in [0, 0.1) is 0 Å². The Kier molecular flexibility index (Phi) is 4.17. The fourth-order valence-electron chi connectivity index (χ4n) is 1.69. The van der Waals surface area contributed by atoms with Crippen LogP contribution in [0.5, 0.6) is 5.75 Å². The van der Waals surface area contributed by atoms with E-state index < -0.39 is 0 Å². The molecule has 0 aliphatic rings.